The molecule has 1 aromatic heterocycles. The van der Waals surface area contributed by atoms with Gasteiger partial charge in [-0.15, -0.1) is 0 Å². The lowest BCUT2D eigenvalue weighted by Gasteiger charge is -2.09. The molecule has 0 fully saturated rings. The Morgan fingerprint density at radius 1 is 1.05 bits per heavy atom. The third-order valence-electron chi connectivity index (χ3n) is 2.90. The number of ether oxygens (including phenoxy) is 2. The van der Waals surface area contributed by atoms with Crippen molar-refractivity contribution in [3.63, 3.8) is 0 Å². The van der Waals surface area contributed by atoms with Crippen molar-refractivity contribution in [2.75, 3.05) is 18.9 Å². The Bertz CT molecular complexity index is 569. The lowest BCUT2D eigenvalue weighted by molar-refractivity contribution is 0.297. The molecule has 19 heavy (non-hydrogen) atoms. The van der Waals surface area contributed by atoms with Crippen LogP contribution in [0.3, 0.4) is 0 Å². The van der Waals surface area contributed by atoms with E-state index in [-0.39, 0.29) is 0 Å². The molecular weight excluding hydrogens is 242 g/mol. The van der Waals surface area contributed by atoms with Gasteiger partial charge in [0, 0.05) is 12.8 Å². The zero-order valence-corrected chi connectivity index (χ0v) is 10.5. The van der Waals surface area contributed by atoms with Crippen LogP contribution in [-0.2, 0) is 6.42 Å². The summed E-state index contributed by atoms with van der Waals surface area (Å²) in [4.78, 5) is 8.39. The first kappa shape index (κ1) is 11.8. The van der Waals surface area contributed by atoms with Crippen LogP contribution < -0.4 is 15.2 Å². The van der Waals surface area contributed by atoms with Crippen LogP contribution in [0.1, 0.15) is 17.8 Å². The quantitative estimate of drug-likeness (QED) is 0.888. The van der Waals surface area contributed by atoms with Gasteiger partial charge in [0.25, 0.3) is 0 Å². The number of anilines is 1. The van der Waals surface area contributed by atoms with E-state index in [9.17, 15) is 0 Å². The smallest absolute Gasteiger partial charge is 0.161 e. The summed E-state index contributed by atoms with van der Waals surface area (Å²) >= 11 is 0. The Balaban J connectivity index is 1.81. The van der Waals surface area contributed by atoms with Gasteiger partial charge in [-0.25, -0.2) is 9.97 Å². The Morgan fingerprint density at radius 3 is 2.58 bits per heavy atom. The van der Waals surface area contributed by atoms with E-state index in [0.717, 1.165) is 29.3 Å². The van der Waals surface area contributed by atoms with Crippen LogP contribution in [0, 0.1) is 0 Å². The second kappa shape index (κ2) is 5.14. The summed E-state index contributed by atoms with van der Waals surface area (Å²) in [6.07, 6.45) is 4.79. The summed E-state index contributed by atoms with van der Waals surface area (Å²) in [5, 5.41) is 0. The molecule has 2 N–H and O–H groups in total. The van der Waals surface area contributed by atoms with E-state index >= 15 is 0 Å². The molecule has 5 heteroatoms. The topological polar surface area (TPSA) is 70.3 Å². The Labute approximate surface area is 111 Å². The highest BCUT2D eigenvalue weighted by Gasteiger charge is 2.11. The molecular formula is C14H15N3O2. The molecule has 0 atom stereocenters. The minimum absolute atomic E-state index is 0.572. The lowest BCUT2D eigenvalue weighted by atomic mass is 10.1. The largest absolute Gasteiger partial charge is 0.490 e. The number of nitrogens with two attached hydrogens (primary N) is 1. The summed E-state index contributed by atoms with van der Waals surface area (Å²) in [7, 11) is 0. The fourth-order valence-corrected chi connectivity index (χ4v) is 1.96. The van der Waals surface area contributed by atoms with Crippen molar-refractivity contribution < 1.29 is 9.47 Å². The molecule has 1 aliphatic rings. The number of hydrogen-bond acceptors (Lipinski definition) is 5. The van der Waals surface area contributed by atoms with Crippen molar-refractivity contribution in [3.05, 3.63) is 42.0 Å². The second-order valence-electron chi connectivity index (χ2n) is 4.44. The first-order chi connectivity index (χ1) is 9.31. The van der Waals surface area contributed by atoms with E-state index in [1.54, 1.807) is 12.4 Å². The van der Waals surface area contributed by atoms with Crippen LogP contribution in [0.2, 0.25) is 0 Å². The van der Waals surface area contributed by atoms with Gasteiger partial charge in [0.15, 0.2) is 11.5 Å². The Hall–Kier alpha value is -2.30. The van der Waals surface area contributed by atoms with Crippen LogP contribution in [0.5, 0.6) is 11.5 Å². The zero-order valence-electron chi connectivity index (χ0n) is 10.5. The molecule has 98 valence electrons. The highest BCUT2D eigenvalue weighted by molar-refractivity contribution is 5.44. The monoisotopic (exact) mass is 257 g/mol. The van der Waals surface area contributed by atoms with Crippen molar-refractivity contribution in [2.24, 2.45) is 0 Å². The highest BCUT2D eigenvalue weighted by atomic mass is 16.5. The predicted molar refractivity (Wildman–Crippen MR) is 71.3 cm³/mol. The molecule has 1 aliphatic heterocycles. The van der Waals surface area contributed by atoms with Gasteiger partial charge in [0.05, 0.1) is 31.3 Å². The SMILES string of the molecule is Nc1cnc(Cc2ccc3c(c2)OCCCO3)nc1. The van der Waals surface area contributed by atoms with Crippen LogP contribution >= 0.6 is 0 Å². The number of hydrogen-bond donors (Lipinski definition) is 1. The molecule has 0 aliphatic carbocycles. The van der Waals surface area contributed by atoms with E-state index in [2.05, 4.69) is 9.97 Å². The maximum absolute atomic E-state index is 5.66. The summed E-state index contributed by atoms with van der Waals surface area (Å²) in [5.41, 5.74) is 7.23. The van der Waals surface area contributed by atoms with Crippen molar-refractivity contribution in [1.29, 1.82) is 0 Å². The van der Waals surface area contributed by atoms with Gasteiger partial charge in [-0.3, -0.25) is 0 Å². The van der Waals surface area contributed by atoms with Gasteiger partial charge < -0.3 is 15.2 Å². The van der Waals surface area contributed by atoms with E-state index < -0.39 is 0 Å². The van der Waals surface area contributed by atoms with Crippen molar-refractivity contribution in [2.45, 2.75) is 12.8 Å². The standard InChI is InChI=1S/C14H15N3O2/c15-11-8-16-14(17-9-11)7-10-2-3-12-13(6-10)19-5-1-4-18-12/h2-3,6,8-9H,1,4-5,7,15H2. The molecule has 0 spiro atoms. The summed E-state index contributed by atoms with van der Waals surface area (Å²) in [6.45, 7) is 1.39. The third kappa shape index (κ3) is 2.76. The first-order valence-corrected chi connectivity index (χ1v) is 6.26. The van der Waals surface area contributed by atoms with Crippen LogP contribution in [0.25, 0.3) is 0 Å². The van der Waals surface area contributed by atoms with Crippen molar-refractivity contribution in [1.82, 2.24) is 9.97 Å². The molecule has 0 saturated carbocycles. The van der Waals surface area contributed by atoms with Crippen LogP contribution in [-0.4, -0.2) is 23.2 Å². The summed E-state index contributed by atoms with van der Waals surface area (Å²) in [5.74, 6) is 2.34. The molecule has 0 amide bonds. The molecule has 2 heterocycles. The summed E-state index contributed by atoms with van der Waals surface area (Å²) < 4.78 is 11.3. The van der Waals surface area contributed by atoms with Crippen molar-refractivity contribution >= 4 is 5.69 Å². The zero-order chi connectivity index (χ0) is 13.1. The minimum Gasteiger partial charge on any atom is -0.490 e. The normalized spacial score (nSPS) is 13.9. The second-order valence-corrected chi connectivity index (χ2v) is 4.44. The number of nitrogens with zero attached hydrogens (tertiary/aromatic N) is 2. The fraction of sp³-hybridized carbons (Fsp3) is 0.286. The van der Waals surface area contributed by atoms with Gasteiger partial charge in [-0.1, -0.05) is 6.07 Å². The molecule has 3 rings (SSSR count). The van der Waals surface area contributed by atoms with Crippen LogP contribution in [0.4, 0.5) is 5.69 Å². The van der Waals surface area contributed by atoms with E-state index in [4.69, 9.17) is 15.2 Å². The van der Waals surface area contributed by atoms with Crippen LogP contribution in [0.15, 0.2) is 30.6 Å². The maximum atomic E-state index is 5.66. The maximum Gasteiger partial charge on any atom is 0.161 e. The fourth-order valence-electron chi connectivity index (χ4n) is 1.96. The van der Waals surface area contributed by atoms with E-state index in [0.29, 0.717) is 25.3 Å². The van der Waals surface area contributed by atoms with Crippen molar-refractivity contribution in [3.8, 4) is 11.5 Å². The van der Waals surface area contributed by atoms with E-state index in [1.807, 2.05) is 18.2 Å². The first-order valence-electron chi connectivity index (χ1n) is 6.26. The molecule has 0 bridgehead atoms. The Kier molecular flexibility index (Phi) is 3.18. The number of benzene rings is 1. The number of nitrogen functional groups attached to an aromatic ring is 1. The predicted octanol–water partition coefficient (Wildman–Crippen LogP) is 1.81. The molecule has 0 radical (unpaired) electrons. The van der Waals surface area contributed by atoms with Gasteiger partial charge >= 0.3 is 0 Å². The number of rotatable bonds is 2. The van der Waals surface area contributed by atoms with Gasteiger partial charge in [0.1, 0.15) is 5.82 Å². The van der Waals surface area contributed by atoms with E-state index in [1.165, 1.54) is 0 Å². The van der Waals surface area contributed by atoms with Gasteiger partial charge in [0.2, 0.25) is 0 Å². The molecule has 2 aromatic rings. The average molecular weight is 257 g/mol. The van der Waals surface area contributed by atoms with Gasteiger partial charge in [-0.2, -0.15) is 0 Å². The number of fused-ring (bicyclic) bond motifs is 1. The lowest BCUT2D eigenvalue weighted by Crippen LogP contribution is -1.99. The highest BCUT2D eigenvalue weighted by Crippen LogP contribution is 2.30. The minimum atomic E-state index is 0.572. The average Bonchev–Trinajstić information content (AvgIpc) is 2.66. The molecule has 1 aromatic carbocycles. The summed E-state index contributed by atoms with van der Waals surface area (Å²) in [6, 6.07) is 5.93. The molecule has 0 saturated heterocycles. The molecule has 5 nitrogen and oxygen atoms in total. The Morgan fingerprint density at radius 2 is 1.79 bits per heavy atom. The number of aromatic nitrogens is 2. The third-order valence-corrected chi connectivity index (χ3v) is 2.90. The van der Waals surface area contributed by atoms with Gasteiger partial charge in [-0.05, 0) is 17.7 Å². The molecule has 0 unspecified atom stereocenters.